The number of aryl methyl sites for hydroxylation is 1. The Balaban J connectivity index is 0.000000183. The topological polar surface area (TPSA) is 40.6 Å². The van der Waals surface area contributed by atoms with E-state index in [9.17, 15) is 0 Å². The van der Waals surface area contributed by atoms with Crippen LogP contribution >= 0.6 is 0 Å². The largest absolute Gasteiger partial charge is 0.412 e. The number of benzene rings is 3. The van der Waals surface area contributed by atoms with Crippen LogP contribution in [0.2, 0.25) is 0 Å². The molecular formula is C30H25BIrN5-. The van der Waals surface area contributed by atoms with E-state index < -0.39 is 6.42 Å². The average molecular weight is 659 g/mol. The molecule has 0 spiro atoms. The molecule has 5 nitrogen and oxygen atoms in total. The predicted molar refractivity (Wildman–Crippen MR) is 146 cm³/mol. The van der Waals surface area contributed by atoms with Crippen LogP contribution in [0.15, 0.2) is 134 Å². The van der Waals surface area contributed by atoms with Gasteiger partial charge in [0.25, 0.3) is 6.42 Å². The molecule has 37 heavy (non-hydrogen) atoms. The number of rotatable bonds is 3. The molecule has 0 saturated heterocycles. The smallest absolute Gasteiger partial charge is 0.292 e. The summed E-state index contributed by atoms with van der Waals surface area (Å²) in [5.41, 5.74) is 7.20. The first kappa shape index (κ1) is 24.6. The van der Waals surface area contributed by atoms with Crippen molar-refractivity contribution in [3.05, 3.63) is 140 Å². The van der Waals surface area contributed by atoms with Crippen molar-refractivity contribution < 1.29 is 20.1 Å². The van der Waals surface area contributed by atoms with E-state index in [2.05, 4.69) is 110 Å². The number of hydrogen-bond acceptors (Lipinski definition) is 2. The molecule has 1 radical (unpaired) electrons. The van der Waals surface area contributed by atoms with Crippen molar-refractivity contribution in [3.8, 4) is 22.4 Å². The van der Waals surface area contributed by atoms with Crippen molar-refractivity contribution in [1.82, 2.24) is 23.7 Å². The van der Waals surface area contributed by atoms with Crippen LogP contribution in [-0.4, -0.2) is 30.1 Å². The minimum absolute atomic E-state index is 0. The van der Waals surface area contributed by atoms with Gasteiger partial charge in [0, 0.05) is 39.5 Å². The molecule has 183 valence electrons. The van der Waals surface area contributed by atoms with E-state index in [4.69, 9.17) is 0 Å². The Morgan fingerprint density at radius 3 is 2.00 bits per heavy atom. The summed E-state index contributed by atoms with van der Waals surface area (Å²) < 4.78 is 6.50. The first-order valence-electron chi connectivity index (χ1n) is 12.0. The molecule has 0 saturated carbocycles. The van der Waals surface area contributed by atoms with E-state index in [1.807, 2.05) is 54.7 Å². The molecule has 3 aromatic carbocycles. The molecule has 3 aromatic heterocycles. The molecular weight excluding hydrogens is 633 g/mol. The fourth-order valence-corrected chi connectivity index (χ4v) is 5.36. The number of fused-ring (bicyclic) bond motifs is 3. The summed E-state index contributed by atoms with van der Waals surface area (Å²) in [6.07, 6.45) is 10.7. The second-order valence-electron chi connectivity index (χ2n) is 8.95. The summed E-state index contributed by atoms with van der Waals surface area (Å²) in [6, 6.07) is 36.2. The van der Waals surface area contributed by atoms with Crippen LogP contribution in [0.1, 0.15) is 0 Å². The molecule has 0 N–H and O–H groups in total. The summed E-state index contributed by atoms with van der Waals surface area (Å²) in [5, 5.41) is 4.67. The van der Waals surface area contributed by atoms with Gasteiger partial charge in [-0.1, -0.05) is 71.8 Å². The SMILES string of the molecule is Cn1ccn([B-]2(n3cccn3)c3ccccc3-c3ccccc32)[cH+]1.[Ir].[c-]1ccccc1-c1ccccn1. The predicted octanol–water partition coefficient (Wildman–Crippen LogP) is 4.48. The Labute approximate surface area is 230 Å². The zero-order valence-corrected chi connectivity index (χ0v) is 22.7. The minimum Gasteiger partial charge on any atom is -0.412 e. The van der Waals surface area contributed by atoms with Crippen molar-refractivity contribution >= 4 is 17.3 Å². The van der Waals surface area contributed by atoms with Gasteiger partial charge in [0.1, 0.15) is 12.5 Å². The molecule has 7 heteroatoms. The van der Waals surface area contributed by atoms with E-state index in [0.717, 1.165) is 11.3 Å². The van der Waals surface area contributed by atoms with Crippen LogP contribution in [0, 0.1) is 6.07 Å². The zero-order chi connectivity index (χ0) is 24.4. The normalized spacial score (nSPS) is 12.5. The molecule has 0 fully saturated rings. The molecule has 7 rings (SSSR count). The van der Waals surface area contributed by atoms with E-state index in [-0.39, 0.29) is 20.1 Å². The van der Waals surface area contributed by atoms with Crippen LogP contribution in [0.3, 0.4) is 0 Å². The van der Waals surface area contributed by atoms with Crippen LogP contribution in [0.5, 0.6) is 0 Å². The van der Waals surface area contributed by atoms with Gasteiger partial charge in [0.15, 0.2) is 6.20 Å². The summed E-state index contributed by atoms with van der Waals surface area (Å²) >= 11 is 0. The number of imidazole rings is 1. The Kier molecular flexibility index (Phi) is 7.00. The molecule has 4 heterocycles. The molecule has 0 bridgehead atoms. The molecule has 1 aliphatic rings. The average Bonchev–Trinajstić information content (AvgIpc) is 3.69. The van der Waals surface area contributed by atoms with Gasteiger partial charge in [-0.15, -0.1) is 46.8 Å². The van der Waals surface area contributed by atoms with Gasteiger partial charge in [0.2, 0.25) is 0 Å². The van der Waals surface area contributed by atoms with Gasteiger partial charge in [0.05, 0.1) is 0 Å². The van der Waals surface area contributed by atoms with Gasteiger partial charge < -0.3 is 14.1 Å². The maximum Gasteiger partial charge on any atom is 0.292 e. The molecule has 1 aliphatic heterocycles. The van der Waals surface area contributed by atoms with Gasteiger partial charge in [-0.2, -0.15) is 0 Å². The molecule has 0 atom stereocenters. The zero-order valence-electron chi connectivity index (χ0n) is 20.3. The maximum absolute atomic E-state index is 4.67. The van der Waals surface area contributed by atoms with Crippen LogP contribution in [-0.2, 0) is 27.2 Å². The maximum atomic E-state index is 4.67. The Hall–Kier alpha value is -4.06. The van der Waals surface area contributed by atoms with E-state index in [1.165, 1.54) is 22.1 Å². The van der Waals surface area contributed by atoms with Crippen molar-refractivity contribution in [1.29, 1.82) is 0 Å². The second kappa shape index (κ2) is 10.5. The van der Waals surface area contributed by atoms with Gasteiger partial charge >= 0.3 is 0 Å². The second-order valence-corrected chi connectivity index (χ2v) is 8.95. The molecule has 0 unspecified atom stereocenters. The van der Waals surface area contributed by atoms with Crippen LogP contribution < -0.4 is 10.9 Å². The first-order valence-corrected chi connectivity index (χ1v) is 12.0. The standard InChI is InChI=1S/C19H17BN4.C11H8N.Ir/c1-22-13-14-23(15-22)20(24-12-6-11-21-24)18-9-4-2-7-16(18)17-8-3-5-10-19(17)20;1-2-6-10(7-3-1)11-8-4-5-9-12-11;/h2-15H,1H3;1-6,8-9H;/q;-1;. The third kappa shape index (κ3) is 4.27. The molecule has 6 aromatic rings. The number of nitrogens with zero attached hydrogens (tertiary/aromatic N) is 5. The van der Waals surface area contributed by atoms with Gasteiger partial charge in [-0.3, -0.25) is 0 Å². The monoisotopic (exact) mass is 659 g/mol. The van der Waals surface area contributed by atoms with Crippen molar-refractivity contribution in [2.24, 2.45) is 7.05 Å². The van der Waals surface area contributed by atoms with Crippen molar-refractivity contribution in [2.75, 3.05) is 0 Å². The number of pyridine rings is 1. The van der Waals surface area contributed by atoms with Crippen LogP contribution in [0.25, 0.3) is 22.4 Å². The molecule has 0 aliphatic carbocycles. The van der Waals surface area contributed by atoms with Crippen LogP contribution in [0.4, 0.5) is 0 Å². The van der Waals surface area contributed by atoms with Crippen molar-refractivity contribution in [2.45, 2.75) is 0 Å². The number of hydrogen-bond donors (Lipinski definition) is 0. The number of aromatic nitrogens is 5. The van der Waals surface area contributed by atoms with Gasteiger partial charge in [-0.05, 0) is 24.0 Å². The fraction of sp³-hybridized carbons (Fsp3) is 0.0333. The van der Waals surface area contributed by atoms with E-state index in [1.54, 1.807) is 6.20 Å². The summed E-state index contributed by atoms with van der Waals surface area (Å²) in [4.78, 5) is 4.22. The first-order chi connectivity index (χ1) is 17.8. The van der Waals surface area contributed by atoms with E-state index in [0.29, 0.717) is 0 Å². The third-order valence-electron chi connectivity index (χ3n) is 6.86. The Morgan fingerprint density at radius 1 is 0.730 bits per heavy atom. The van der Waals surface area contributed by atoms with E-state index >= 15 is 0 Å². The summed E-state index contributed by atoms with van der Waals surface area (Å²) in [5.74, 6) is 0. The van der Waals surface area contributed by atoms with Gasteiger partial charge in [-0.25, -0.2) is 9.67 Å². The quantitative estimate of drug-likeness (QED) is 0.208. The Morgan fingerprint density at radius 2 is 1.43 bits per heavy atom. The minimum atomic E-state index is -1.38. The fourth-order valence-electron chi connectivity index (χ4n) is 5.36. The summed E-state index contributed by atoms with van der Waals surface area (Å²) in [6.45, 7) is 0. The van der Waals surface area contributed by atoms with Crippen molar-refractivity contribution in [3.63, 3.8) is 0 Å². The Bertz CT molecular complexity index is 1510. The molecule has 0 amide bonds. The summed E-state index contributed by atoms with van der Waals surface area (Å²) in [7, 11) is 2.05. The third-order valence-corrected chi connectivity index (χ3v) is 6.86.